The first-order chi connectivity index (χ1) is 9.22. The lowest BCUT2D eigenvalue weighted by Crippen LogP contribution is -2.37. The molecule has 1 atom stereocenters. The van der Waals surface area contributed by atoms with Crippen molar-refractivity contribution >= 4 is 17.5 Å². The van der Waals surface area contributed by atoms with E-state index in [0.717, 1.165) is 37.2 Å². The van der Waals surface area contributed by atoms with Gasteiger partial charge in [0.2, 0.25) is 5.91 Å². The summed E-state index contributed by atoms with van der Waals surface area (Å²) < 4.78 is 5.38. The summed E-state index contributed by atoms with van der Waals surface area (Å²) in [5, 5.41) is -0.589. The van der Waals surface area contributed by atoms with Gasteiger partial charge in [-0.2, -0.15) is 0 Å². The van der Waals surface area contributed by atoms with Crippen molar-refractivity contribution < 1.29 is 9.53 Å². The molecule has 3 nitrogen and oxygen atoms in total. The van der Waals surface area contributed by atoms with Crippen molar-refractivity contribution in [3.05, 3.63) is 29.8 Å². The van der Waals surface area contributed by atoms with E-state index < -0.39 is 5.38 Å². The van der Waals surface area contributed by atoms with Crippen LogP contribution in [0.1, 0.15) is 37.1 Å². The summed E-state index contributed by atoms with van der Waals surface area (Å²) in [5.74, 6) is 0.825. The molecule has 1 fully saturated rings. The van der Waals surface area contributed by atoms with Gasteiger partial charge >= 0.3 is 0 Å². The van der Waals surface area contributed by atoms with Crippen LogP contribution in [-0.4, -0.2) is 30.5 Å². The molecule has 0 radical (unpaired) electrons. The third kappa shape index (κ3) is 3.63. The minimum absolute atomic E-state index is 0.0190. The van der Waals surface area contributed by atoms with E-state index in [-0.39, 0.29) is 5.91 Å². The zero-order valence-corrected chi connectivity index (χ0v) is 12.0. The molecule has 1 heterocycles. The normalized spacial score (nSPS) is 17.1. The molecule has 1 aromatic carbocycles. The number of nitrogens with zero attached hydrogens (tertiary/aromatic N) is 1. The molecule has 0 N–H and O–H groups in total. The predicted octanol–water partition coefficient (Wildman–Crippen LogP) is 3.38. The molecule has 0 aliphatic carbocycles. The van der Waals surface area contributed by atoms with E-state index in [4.69, 9.17) is 16.3 Å². The molecular weight excluding hydrogens is 262 g/mol. The van der Waals surface area contributed by atoms with E-state index >= 15 is 0 Å². The van der Waals surface area contributed by atoms with Crippen LogP contribution < -0.4 is 4.74 Å². The number of halogens is 1. The summed E-state index contributed by atoms with van der Waals surface area (Å²) in [4.78, 5) is 14.1. The zero-order chi connectivity index (χ0) is 13.7. The van der Waals surface area contributed by atoms with Gasteiger partial charge in [0.05, 0.1) is 6.61 Å². The number of ether oxygens (including phenoxy) is 1. The summed E-state index contributed by atoms with van der Waals surface area (Å²) in [6.45, 7) is 4.24. The molecule has 1 saturated heterocycles. The Hall–Kier alpha value is -1.22. The molecular formula is C15H20ClNO2. The fourth-order valence-corrected chi connectivity index (χ4v) is 2.60. The molecule has 1 aliphatic rings. The molecule has 19 heavy (non-hydrogen) atoms. The summed E-state index contributed by atoms with van der Waals surface area (Å²) in [6.07, 6.45) is 3.37. The van der Waals surface area contributed by atoms with Gasteiger partial charge in [-0.15, -0.1) is 11.6 Å². The lowest BCUT2D eigenvalue weighted by molar-refractivity contribution is -0.131. The minimum Gasteiger partial charge on any atom is -0.494 e. The molecule has 2 rings (SSSR count). The Bertz CT molecular complexity index is 413. The summed E-state index contributed by atoms with van der Waals surface area (Å²) in [7, 11) is 0. The average Bonchev–Trinajstić information content (AvgIpc) is 2.48. The van der Waals surface area contributed by atoms with Crippen LogP contribution in [0.15, 0.2) is 24.3 Å². The Kier molecular flexibility index (Phi) is 5.08. The van der Waals surface area contributed by atoms with Crippen LogP contribution in [0.4, 0.5) is 0 Å². The number of alkyl halides is 1. The second kappa shape index (κ2) is 6.80. The second-order valence-electron chi connectivity index (χ2n) is 4.75. The topological polar surface area (TPSA) is 29.5 Å². The van der Waals surface area contributed by atoms with Crippen molar-refractivity contribution in [2.45, 2.75) is 31.6 Å². The fraction of sp³-hybridized carbons (Fsp3) is 0.533. The molecule has 0 aromatic heterocycles. The van der Waals surface area contributed by atoms with Gasteiger partial charge in [-0.25, -0.2) is 0 Å². The smallest absolute Gasteiger partial charge is 0.245 e. The Balaban J connectivity index is 2.01. The minimum atomic E-state index is -0.589. The highest BCUT2D eigenvalue weighted by Gasteiger charge is 2.24. The van der Waals surface area contributed by atoms with Gasteiger partial charge in [-0.05, 0) is 43.9 Å². The molecule has 0 bridgehead atoms. The molecule has 1 amide bonds. The van der Waals surface area contributed by atoms with Crippen molar-refractivity contribution in [1.29, 1.82) is 0 Å². The number of carbonyl (C=O) groups is 1. The van der Waals surface area contributed by atoms with E-state index in [2.05, 4.69) is 0 Å². The van der Waals surface area contributed by atoms with Crippen molar-refractivity contribution in [3.63, 3.8) is 0 Å². The first-order valence-electron chi connectivity index (χ1n) is 6.88. The molecule has 0 spiro atoms. The van der Waals surface area contributed by atoms with Crippen molar-refractivity contribution in [2.24, 2.45) is 0 Å². The summed E-state index contributed by atoms with van der Waals surface area (Å²) >= 11 is 6.29. The van der Waals surface area contributed by atoms with Gasteiger partial charge in [0.15, 0.2) is 0 Å². The van der Waals surface area contributed by atoms with Crippen molar-refractivity contribution in [2.75, 3.05) is 19.7 Å². The third-order valence-electron chi connectivity index (χ3n) is 3.37. The van der Waals surface area contributed by atoms with Crippen molar-refractivity contribution in [3.8, 4) is 5.75 Å². The number of likely N-dealkylation sites (tertiary alicyclic amines) is 1. The van der Waals surface area contributed by atoms with Crippen LogP contribution >= 0.6 is 11.6 Å². The molecule has 4 heteroatoms. The van der Waals surface area contributed by atoms with Crippen LogP contribution in [-0.2, 0) is 4.79 Å². The number of piperidine rings is 1. The molecule has 1 aliphatic heterocycles. The monoisotopic (exact) mass is 281 g/mol. The van der Waals surface area contributed by atoms with Gasteiger partial charge in [0, 0.05) is 13.1 Å². The van der Waals surface area contributed by atoms with E-state index in [1.165, 1.54) is 6.42 Å². The van der Waals surface area contributed by atoms with E-state index in [1.54, 1.807) is 0 Å². The largest absolute Gasteiger partial charge is 0.494 e. The third-order valence-corrected chi connectivity index (χ3v) is 3.81. The highest BCUT2D eigenvalue weighted by molar-refractivity contribution is 6.30. The highest BCUT2D eigenvalue weighted by Crippen LogP contribution is 2.26. The molecule has 0 saturated carbocycles. The average molecular weight is 282 g/mol. The number of rotatable bonds is 4. The predicted molar refractivity (Wildman–Crippen MR) is 76.6 cm³/mol. The first kappa shape index (κ1) is 14.2. The number of benzene rings is 1. The zero-order valence-electron chi connectivity index (χ0n) is 11.3. The van der Waals surface area contributed by atoms with Gasteiger partial charge in [-0.3, -0.25) is 4.79 Å². The maximum absolute atomic E-state index is 12.3. The van der Waals surface area contributed by atoms with E-state index in [1.807, 2.05) is 36.1 Å². The summed E-state index contributed by atoms with van der Waals surface area (Å²) in [5.41, 5.74) is 0.834. The number of carbonyl (C=O) groups excluding carboxylic acids is 1. The van der Waals surface area contributed by atoms with Crippen LogP contribution in [0.3, 0.4) is 0 Å². The highest BCUT2D eigenvalue weighted by atomic mass is 35.5. The van der Waals surface area contributed by atoms with Crippen LogP contribution in [0.25, 0.3) is 0 Å². The number of amides is 1. The van der Waals surface area contributed by atoms with Gasteiger partial charge in [0.1, 0.15) is 11.1 Å². The maximum atomic E-state index is 12.3. The SMILES string of the molecule is CCOc1ccc(C(Cl)C(=O)N2CCCCC2)cc1. The Morgan fingerprint density at radius 2 is 1.89 bits per heavy atom. The Morgan fingerprint density at radius 3 is 2.47 bits per heavy atom. The van der Waals surface area contributed by atoms with Gasteiger partial charge < -0.3 is 9.64 Å². The van der Waals surface area contributed by atoms with Crippen molar-refractivity contribution in [1.82, 2.24) is 4.90 Å². The van der Waals surface area contributed by atoms with E-state index in [9.17, 15) is 4.79 Å². The fourth-order valence-electron chi connectivity index (χ4n) is 2.32. The first-order valence-corrected chi connectivity index (χ1v) is 7.31. The van der Waals surface area contributed by atoms with Gasteiger partial charge in [0.25, 0.3) is 0 Å². The number of hydrogen-bond donors (Lipinski definition) is 0. The lowest BCUT2D eigenvalue weighted by atomic mass is 10.1. The molecule has 104 valence electrons. The Morgan fingerprint density at radius 1 is 1.26 bits per heavy atom. The standard InChI is InChI=1S/C15H20ClNO2/c1-2-19-13-8-6-12(7-9-13)14(16)15(18)17-10-4-3-5-11-17/h6-9,14H,2-5,10-11H2,1H3. The molecule has 1 aromatic rings. The van der Waals surface area contributed by atoms with Crippen LogP contribution in [0.2, 0.25) is 0 Å². The van der Waals surface area contributed by atoms with Crippen LogP contribution in [0, 0.1) is 0 Å². The maximum Gasteiger partial charge on any atom is 0.245 e. The lowest BCUT2D eigenvalue weighted by Gasteiger charge is -2.28. The Labute approximate surface area is 119 Å². The molecule has 1 unspecified atom stereocenters. The van der Waals surface area contributed by atoms with E-state index in [0.29, 0.717) is 6.61 Å². The van der Waals surface area contributed by atoms with Crippen LogP contribution in [0.5, 0.6) is 5.75 Å². The number of hydrogen-bond acceptors (Lipinski definition) is 2. The second-order valence-corrected chi connectivity index (χ2v) is 5.19. The summed E-state index contributed by atoms with van der Waals surface area (Å²) in [6, 6.07) is 7.45. The van der Waals surface area contributed by atoms with Gasteiger partial charge in [-0.1, -0.05) is 12.1 Å². The quantitative estimate of drug-likeness (QED) is 0.792.